The maximum atomic E-state index is 13.2. The summed E-state index contributed by atoms with van der Waals surface area (Å²) in [5.74, 6) is 0.365. The fraction of sp³-hybridized carbons (Fsp3) is 0.167. The van der Waals surface area contributed by atoms with Crippen molar-refractivity contribution in [2.45, 2.75) is 13.5 Å². The Morgan fingerprint density at radius 2 is 2.00 bits per heavy atom. The molecule has 2 aromatic carbocycles. The lowest BCUT2D eigenvalue weighted by Crippen LogP contribution is -2.22. The molecule has 5 heteroatoms. The molecular formula is C18H17FN2O2. The van der Waals surface area contributed by atoms with Crippen molar-refractivity contribution in [2.75, 3.05) is 12.3 Å². The van der Waals surface area contributed by atoms with Gasteiger partial charge in [0, 0.05) is 17.3 Å². The zero-order chi connectivity index (χ0) is 16.4. The molecule has 0 saturated carbocycles. The molecule has 23 heavy (non-hydrogen) atoms. The van der Waals surface area contributed by atoms with Crippen LogP contribution in [0, 0.1) is 12.7 Å². The fourth-order valence-corrected chi connectivity index (χ4v) is 2.43. The van der Waals surface area contributed by atoms with Gasteiger partial charge in [-0.2, -0.15) is 0 Å². The average molecular weight is 312 g/mol. The molecule has 0 atom stereocenters. The standard InChI is InChI=1S/C18H17FN2O2/c1-12-10-15(3-5-17(12)20)23-9-8-21-7-6-13-11-14(19)2-4-16(13)18(21)22/h2-7,10-11H,8-9,20H2,1H3. The molecule has 0 spiro atoms. The molecule has 0 amide bonds. The van der Waals surface area contributed by atoms with Gasteiger partial charge in [0.2, 0.25) is 0 Å². The molecule has 0 unspecified atom stereocenters. The first-order chi connectivity index (χ1) is 11.0. The highest BCUT2D eigenvalue weighted by Crippen LogP contribution is 2.18. The molecule has 4 nitrogen and oxygen atoms in total. The summed E-state index contributed by atoms with van der Waals surface area (Å²) in [6, 6.07) is 11.3. The molecule has 1 heterocycles. The van der Waals surface area contributed by atoms with E-state index in [4.69, 9.17) is 10.5 Å². The average Bonchev–Trinajstić information content (AvgIpc) is 2.53. The Morgan fingerprint density at radius 1 is 1.17 bits per heavy atom. The maximum Gasteiger partial charge on any atom is 0.258 e. The number of anilines is 1. The first-order valence-corrected chi connectivity index (χ1v) is 7.32. The van der Waals surface area contributed by atoms with E-state index in [0.29, 0.717) is 29.7 Å². The third-order valence-corrected chi connectivity index (χ3v) is 3.78. The summed E-state index contributed by atoms with van der Waals surface area (Å²) in [7, 11) is 0. The highest BCUT2D eigenvalue weighted by atomic mass is 19.1. The van der Waals surface area contributed by atoms with Gasteiger partial charge < -0.3 is 15.0 Å². The molecule has 0 bridgehead atoms. The molecular weight excluding hydrogens is 295 g/mol. The van der Waals surface area contributed by atoms with Gasteiger partial charge in [0.1, 0.15) is 18.2 Å². The number of hydrogen-bond acceptors (Lipinski definition) is 3. The Labute approximate surface area is 132 Å². The Kier molecular flexibility index (Phi) is 4.02. The molecule has 1 aromatic heterocycles. The number of aryl methyl sites for hydroxylation is 1. The second-order valence-electron chi connectivity index (χ2n) is 5.41. The predicted molar refractivity (Wildman–Crippen MR) is 89.3 cm³/mol. The van der Waals surface area contributed by atoms with E-state index in [9.17, 15) is 9.18 Å². The first kappa shape index (κ1) is 15.1. The number of nitrogens with zero attached hydrogens (tertiary/aromatic N) is 1. The zero-order valence-corrected chi connectivity index (χ0v) is 12.8. The molecule has 0 aliphatic rings. The molecule has 3 rings (SSSR count). The number of nitrogen functional groups attached to an aromatic ring is 1. The summed E-state index contributed by atoms with van der Waals surface area (Å²) >= 11 is 0. The monoisotopic (exact) mass is 312 g/mol. The van der Waals surface area contributed by atoms with E-state index in [1.54, 1.807) is 29.0 Å². The summed E-state index contributed by atoms with van der Waals surface area (Å²) in [5, 5.41) is 1.10. The molecule has 0 saturated heterocycles. The highest BCUT2D eigenvalue weighted by Gasteiger charge is 2.04. The van der Waals surface area contributed by atoms with E-state index in [1.165, 1.54) is 18.2 Å². The third-order valence-electron chi connectivity index (χ3n) is 3.78. The Balaban J connectivity index is 1.74. The quantitative estimate of drug-likeness (QED) is 0.753. The normalized spacial score (nSPS) is 10.9. The zero-order valence-electron chi connectivity index (χ0n) is 12.8. The Hall–Kier alpha value is -2.82. The largest absolute Gasteiger partial charge is 0.492 e. The van der Waals surface area contributed by atoms with Crippen LogP contribution in [0.25, 0.3) is 10.8 Å². The van der Waals surface area contributed by atoms with Gasteiger partial charge in [0.05, 0.1) is 6.54 Å². The first-order valence-electron chi connectivity index (χ1n) is 7.32. The number of pyridine rings is 1. The van der Waals surface area contributed by atoms with Crippen LogP contribution < -0.4 is 16.0 Å². The van der Waals surface area contributed by atoms with Crippen LogP contribution >= 0.6 is 0 Å². The number of hydrogen-bond donors (Lipinski definition) is 1. The summed E-state index contributed by atoms with van der Waals surface area (Å²) in [4.78, 5) is 12.3. The SMILES string of the molecule is Cc1cc(OCCn2ccc3cc(F)ccc3c2=O)ccc1N. The van der Waals surface area contributed by atoms with Crippen molar-refractivity contribution in [3.05, 3.63) is 70.4 Å². The van der Waals surface area contributed by atoms with E-state index in [0.717, 1.165) is 11.3 Å². The summed E-state index contributed by atoms with van der Waals surface area (Å²) in [6.07, 6.45) is 1.65. The lowest BCUT2D eigenvalue weighted by Gasteiger charge is -2.10. The van der Waals surface area contributed by atoms with E-state index >= 15 is 0 Å². The van der Waals surface area contributed by atoms with Gasteiger partial charge in [-0.1, -0.05) is 0 Å². The smallest absolute Gasteiger partial charge is 0.258 e. The summed E-state index contributed by atoms with van der Waals surface area (Å²) in [6.45, 7) is 2.68. The van der Waals surface area contributed by atoms with E-state index in [-0.39, 0.29) is 11.4 Å². The minimum absolute atomic E-state index is 0.153. The molecule has 0 radical (unpaired) electrons. The lowest BCUT2D eigenvalue weighted by molar-refractivity contribution is 0.296. The van der Waals surface area contributed by atoms with Crippen LogP contribution in [-0.4, -0.2) is 11.2 Å². The fourth-order valence-electron chi connectivity index (χ4n) is 2.43. The van der Waals surface area contributed by atoms with E-state index in [1.807, 2.05) is 13.0 Å². The van der Waals surface area contributed by atoms with Crippen molar-refractivity contribution in [1.29, 1.82) is 0 Å². The van der Waals surface area contributed by atoms with Crippen molar-refractivity contribution in [1.82, 2.24) is 4.57 Å². The van der Waals surface area contributed by atoms with Gasteiger partial charge in [-0.15, -0.1) is 0 Å². The summed E-state index contributed by atoms with van der Waals surface area (Å²) < 4.78 is 20.4. The number of nitrogens with two attached hydrogens (primary N) is 1. The molecule has 3 aromatic rings. The van der Waals surface area contributed by atoms with Crippen molar-refractivity contribution in [3.63, 3.8) is 0 Å². The van der Waals surface area contributed by atoms with Crippen LogP contribution in [0.2, 0.25) is 0 Å². The van der Waals surface area contributed by atoms with Crippen LogP contribution in [0.3, 0.4) is 0 Å². The predicted octanol–water partition coefficient (Wildman–Crippen LogP) is 3.11. The lowest BCUT2D eigenvalue weighted by atomic mass is 10.2. The minimum Gasteiger partial charge on any atom is -0.492 e. The van der Waals surface area contributed by atoms with Crippen molar-refractivity contribution < 1.29 is 9.13 Å². The van der Waals surface area contributed by atoms with Crippen LogP contribution in [-0.2, 0) is 6.54 Å². The number of aromatic nitrogens is 1. The second kappa shape index (κ2) is 6.12. The number of fused-ring (bicyclic) bond motifs is 1. The number of rotatable bonds is 4. The third kappa shape index (κ3) is 3.18. The minimum atomic E-state index is -0.350. The van der Waals surface area contributed by atoms with E-state index < -0.39 is 0 Å². The van der Waals surface area contributed by atoms with Gasteiger partial charge in [-0.3, -0.25) is 4.79 Å². The molecule has 2 N–H and O–H groups in total. The number of halogens is 1. The van der Waals surface area contributed by atoms with Crippen LogP contribution in [0.1, 0.15) is 5.56 Å². The van der Waals surface area contributed by atoms with Crippen molar-refractivity contribution in [3.8, 4) is 5.75 Å². The van der Waals surface area contributed by atoms with Gasteiger partial charge in [0.15, 0.2) is 0 Å². The van der Waals surface area contributed by atoms with Gasteiger partial charge in [0.25, 0.3) is 5.56 Å². The van der Waals surface area contributed by atoms with Crippen molar-refractivity contribution in [2.24, 2.45) is 0 Å². The Morgan fingerprint density at radius 3 is 2.78 bits per heavy atom. The topological polar surface area (TPSA) is 57.2 Å². The van der Waals surface area contributed by atoms with E-state index in [2.05, 4.69) is 0 Å². The highest BCUT2D eigenvalue weighted by molar-refractivity contribution is 5.81. The van der Waals surface area contributed by atoms with Crippen LogP contribution in [0.15, 0.2) is 53.5 Å². The molecule has 118 valence electrons. The van der Waals surface area contributed by atoms with Crippen molar-refractivity contribution >= 4 is 16.5 Å². The van der Waals surface area contributed by atoms with Crippen LogP contribution in [0.4, 0.5) is 10.1 Å². The van der Waals surface area contributed by atoms with Gasteiger partial charge in [-0.05, 0) is 60.3 Å². The second-order valence-corrected chi connectivity index (χ2v) is 5.41. The maximum absolute atomic E-state index is 13.2. The molecule has 0 aliphatic heterocycles. The van der Waals surface area contributed by atoms with Gasteiger partial charge >= 0.3 is 0 Å². The number of ether oxygens (including phenoxy) is 1. The Bertz CT molecular complexity index is 919. The van der Waals surface area contributed by atoms with Crippen LogP contribution in [0.5, 0.6) is 5.75 Å². The molecule has 0 fully saturated rings. The van der Waals surface area contributed by atoms with Gasteiger partial charge in [-0.25, -0.2) is 4.39 Å². The number of benzene rings is 2. The molecule has 0 aliphatic carbocycles. The summed E-state index contributed by atoms with van der Waals surface area (Å²) in [5.41, 5.74) is 7.28.